The van der Waals surface area contributed by atoms with Gasteiger partial charge in [0.15, 0.2) is 0 Å². The number of amides is 2. The Hall–Kier alpha value is -4.32. The normalized spacial score (nSPS) is 16.9. The van der Waals surface area contributed by atoms with Crippen molar-refractivity contribution in [3.05, 3.63) is 88.1 Å². The summed E-state index contributed by atoms with van der Waals surface area (Å²) in [5.74, 6) is -3.02. The summed E-state index contributed by atoms with van der Waals surface area (Å²) < 4.78 is 55.8. The van der Waals surface area contributed by atoms with Crippen molar-refractivity contribution in [2.24, 2.45) is 5.92 Å². The van der Waals surface area contributed by atoms with E-state index in [9.17, 15) is 23.2 Å². The Morgan fingerprint density at radius 2 is 1.80 bits per heavy atom. The highest BCUT2D eigenvalue weighted by Gasteiger charge is 2.43. The van der Waals surface area contributed by atoms with Crippen LogP contribution in [0.25, 0.3) is 0 Å². The van der Waals surface area contributed by atoms with Gasteiger partial charge in [0, 0.05) is 50.5 Å². The van der Waals surface area contributed by atoms with Crippen molar-refractivity contribution < 1.29 is 37.0 Å². The topological polar surface area (TPSA) is 99.1 Å². The standard InChI is InChI=1S/C28H28F3N3O6/c1-38-13-12-33-11-3-4-24(27(33)37)34-16-22(20-10-9-19(39-2)14-23(20)29)21(26(34)36)15-32-25(35)17-5-7-18(8-6-17)40-28(30)31/h3-11,14,21-22,28H,12-13,15-16H2,1-2H3,(H,32,35)/t21?,22-/m0/s1. The Kier molecular flexibility index (Phi) is 9.10. The lowest BCUT2D eigenvalue weighted by Gasteiger charge is -2.18. The smallest absolute Gasteiger partial charge is 0.387 e. The third-order valence-electron chi connectivity index (χ3n) is 6.71. The lowest BCUT2D eigenvalue weighted by molar-refractivity contribution is -0.120. The van der Waals surface area contributed by atoms with E-state index in [0.29, 0.717) is 12.4 Å². The molecule has 12 heteroatoms. The second-order valence-corrected chi connectivity index (χ2v) is 9.05. The van der Waals surface area contributed by atoms with Gasteiger partial charge in [0.2, 0.25) is 5.91 Å². The zero-order valence-electron chi connectivity index (χ0n) is 21.8. The van der Waals surface area contributed by atoms with Gasteiger partial charge < -0.3 is 29.0 Å². The van der Waals surface area contributed by atoms with Crippen LogP contribution in [0.2, 0.25) is 0 Å². The fourth-order valence-electron chi connectivity index (χ4n) is 4.67. The molecule has 1 aliphatic rings. The monoisotopic (exact) mass is 559 g/mol. The molecule has 4 rings (SSSR count). The van der Waals surface area contributed by atoms with Crippen LogP contribution in [0.1, 0.15) is 21.8 Å². The lowest BCUT2D eigenvalue weighted by atomic mass is 9.88. The molecular weight excluding hydrogens is 531 g/mol. The highest BCUT2D eigenvalue weighted by atomic mass is 19.3. The molecule has 3 aromatic rings. The van der Waals surface area contributed by atoms with Crippen molar-refractivity contribution in [2.75, 3.05) is 38.8 Å². The summed E-state index contributed by atoms with van der Waals surface area (Å²) in [6.45, 7) is -2.58. The molecule has 212 valence electrons. The van der Waals surface area contributed by atoms with Crippen molar-refractivity contribution >= 4 is 17.5 Å². The van der Waals surface area contributed by atoms with Crippen LogP contribution >= 0.6 is 0 Å². The Labute approximate surface area is 228 Å². The second kappa shape index (κ2) is 12.7. The number of ether oxygens (including phenoxy) is 3. The van der Waals surface area contributed by atoms with E-state index in [0.717, 1.165) is 0 Å². The number of anilines is 1. The summed E-state index contributed by atoms with van der Waals surface area (Å²) in [5, 5.41) is 2.68. The minimum absolute atomic E-state index is 0.00577. The van der Waals surface area contributed by atoms with E-state index in [4.69, 9.17) is 9.47 Å². The predicted molar refractivity (Wildman–Crippen MR) is 140 cm³/mol. The molecule has 2 atom stereocenters. The van der Waals surface area contributed by atoms with Gasteiger partial charge in [0.1, 0.15) is 23.0 Å². The average Bonchev–Trinajstić information content (AvgIpc) is 3.26. The summed E-state index contributed by atoms with van der Waals surface area (Å²) in [6, 6.07) is 12.5. The van der Waals surface area contributed by atoms with Crippen LogP contribution in [-0.2, 0) is 16.1 Å². The van der Waals surface area contributed by atoms with E-state index in [1.807, 2.05) is 0 Å². The molecule has 9 nitrogen and oxygen atoms in total. The first kappa shape index (κ1) is 28.7. The maximum absolute atomic E-state index is 15.2. The maximum atomic E-state index is 15.2. The van der Waals surface area contributed by atoms with Crippen molar-refractivity contribution in [1.82, 2.24) is 9.88 Å². The number of aromatic nitrogens is 1. The number of rotatable bonds is 11. The molecule has 1 N–H and O–H groups in total. The molecule has 0 saturated carbocycles. The molecule has 2 heterocycles. The molecule has 1 saturated heterocycles. The first-order valence-electron chi connectivity index (χ1n) is 12.4. The van der Waals surface area contributed by atoms with Gasteiger partial charge in [-0.25, -0.2) is 4.39 Å². The third kappa shape index (κ3) is 6.28. The van der Waals surface area contributed by atoms with E-state index in [1.165, 1.54) is 66.2 Å². The van der Waals surface area contributed by atoms with E-state index < -0.39 is 41.6 Å². The molecular formula is C28H28F3N3O6. The number of carbonyl (C=O) groups is 2. The van der Waals surface area contributed by atoms with Crippen LogP contribution in [0.3, 0.4) is 0 Å². The number of methoxy groups -OCH3 is 2. The summed E-state index contributed by atoms with van der Waals surface area (Å²) in [4.78, 5) is 40.9. The second-order valence-electron chi connectivity index (χ2n) is 9.05. The first-order chi connectivity index (χ1) is 19.2. The van der Waals surface area contributed by atoms with Crippen LogP contribution in [0.4, 0.5) is 18.9 Å². The lowest BCUT2D eigenvalue weighted by Crippen LogP contribution is -2.38. The minimum atomic E-state index is -3.00. The average molecular weight is 560 g/mol. The van der Waals surface area contributed by atoms with Gasteiger partial charge in [-0.3, -0.25) is 14.4 Å². The van der Waals surface area contributed by atoms with Gasteiger partial charge in [0.05, 0.1) is 19.6 Å². The number of hydrogen-bond donors (Lipinski definition) is 1. The van der Waals surface area contributed by atoms with Crippen LogP contribution in [-0.4, -0.2) is 56.9 Å². The zero-order chi connectivity index (χ0) is 28.8. The molecule has 0 aliphatic carbocycles. The SMILES string of the molecule is COCCn1cccc(N2C[C@@H](c3ccc(OC)cc3F)C(CNC(=O)c3ccc(OC(F)F)cc3)C2=O)c1=O. The van der Waals surface area contributed by atoms with Gasteiger partial charge >= 0.3 is 6.61 Å². The van der Waals surface area contributed by atoms with Crippen LogP contribution in [0.15, 0.2) is 65.6 Å². The van der Waals surface area contributed by atoms with Crippen molar-refractivity contribution in [3.63, 3.8) is 0 Å². The van der Waals surface area contributed by atoms with Crippen molar-refractivity contribution in [2.45, 2.75) is 19.1 Å². The van der Waals surface area contributed by atoms with E-state index >= 15 is 4.39 Å². The number of halogens is 3. The molecule has 1 unspecified atom stereocenters. The molecule has 0 bridgehead atoms. The van der Waals surface area contributed by atoms with Gasteiger partial charge in [-0.2, -0.15) is 8.78 Å². The van der Waals surface area contributed by atoms with Crippen LogP contribution in [0, 0.1) is 11.7 Å². The largest absolute Gasteiger partial charge is 0.497 e. The van der Waals surface area contributed by atoms with Gasteiger partial charge in [-0.15, -0.1) is 0 Å². The Morgan fingerprint density at radius 1 is 1.07 bits per heavy atom. The molecule has 0 radical (unpaired) electrons. The number of benzene rings is 2. The number of nitrogens with zero attached hydrogens (tertiary/aromatic N) is 2. The quantitative estimate of drug-likeness (QED) is 0.387. The molecule has 2 amide bonds. The Bertz CT molecular complexity index is 1410. The molecule has 1 aromatic heterocycles. The van der Waals surface area contributed by atoms with Crippen LogP contribution < -0.4 is 25.2 Å². The number of alkyl halides is 2. The fourth-order valence-corrected chi connectivity index (χ4v) is 4.67. The molecule has 2 aromatic carbocycles. The zero-order valence-corrected chi connectivity index (χ0v) is 21.8. The Morgan fingerprint density at radius 3 is 2.45 bits per heavy atom. The predicted octanol–water partition coefficient (Wildman–Crippen LogP) is 3.42. The minimum Gasteiger partial charge on any atom is -0.497 e. The first-order valence-corrected chi connectivity index (χ1v) is 12.4. The van der Waals surface area contributed by atoms with Gasteiger partial charge in [-0.1, -0.05) is 6.07 Å². The van der Waals surface area contributed by atoms with E-state index in [2.05, 4.69) is 10.1 Å². The highest BCUT2D eigenvalue weighted by molar-refractivity contribution is 5.99. The molecule has 0 spiro atoms. The van der Waals surface area contributed by atoms with E-state index in [-0.39, 0.29) is 42.2 Å². The summed E-state index contributed by atoms with van der Waals surface area (Å²) in [7, 11) is 2.92. The van der Waals surface area contributed by atoms with Gasteiger partial charge in [0.25, 0.3) is 11.5 Å². The maximum Gasteiger partial charge on any atom is 0.387 e. The number of pyridine rings is 1. The van der Waals surface area contributed by atoms with Crippen LogP contribution in [0.5, 0.6) is 11.5 Å². The fraction of sp³-hybridized carbons (Fsp3) is 0.321. The Balaban J connectivity index is 1.61. The molecule has 1 fully saturated rings. The number of carbonyl (C=O) groups excluding carboxylic acids is 2. The third-order valence-corrected chi connectivity index (χ3v) is 6.71. The highest BCUT2D eigenvalue weighted by Crippen LogP contribution is 2.37. The molecule has 1 aliphatic heterocycles. The summed E-state index contributed by atoms with van der Waals surface area (Å²) in [5.41, 5.74) is 0.115. The summed E-state index contributed by atoms with van der Waals surface area (Å²) in [6.07, 6.45) is 1.58. The summed E-state index contributed by atoms with van der Waals surface area (Å²) >= 11 is 0. The van der Waals surface area contributed by atoms with Crippen molar-refractivity contribution in [3.8, 4) is 11.5 Å². The van der Waals surface area contributed by atoms with E-state index in [1.54, 1.807) is 18.3 Å². The number of nitrogens with one attached hydrogen (secondary N) is 1. The number of hydrogen-bond acceptors (Lipinski definition) is 6. The van der Waals surface area contributed by atoms with Gasteiger partial charge in [-0.05, 0) is 48.0 Å². The van der Waals surface area contributed by atoms with Crippen molar-refractivity contribution in [1.29, 1.82) is 0 Å². The molecule has 40 heavy (non-hydrogen) atoms.